The van der Waals surface area contributed by atoms with Crippen molar-refractivity contribution >= 4 is 22.8 Å². The van der Waals surface area contributed by atoms with Gasteiger partial charge in [-0.1, -0.05) is 0 Å². The lowest BCUT2D eigenvalue weighted by Gasteiger charge is -2.05. The zero-order valence-electron chi connectivity index (χ0n) is 14.3. The number of anilines is 1. The molecule has 12 heteroatoms. The van der Waals surface area contributed by atoms with Crippen LogP contribution in [-0.4, -0.2) is 31.7 Å². The van der Waals surface area contributed by atoms with E-state index in [9.17, 15) is 23.2 Å². The van der Waals surface area contributed by atoms with Gasteiger partial charge in [0, 0.05) is 31.6 Å². The number of aromatic nitrogens is 4. The zero-order chi connectivity index (χ0) is 20.1. The molecule has 3 N–H and O–H groups in total. The Labute approximate surface area is 154 Å². The molecule has 1 aromatic carbocycles. The average Bonchev–Trinajstić information content (AvgIpc) is 3.17. The summed E-state index contributed by atoms with van der Waals surface area (Å²) in [6.07, 6.45) is -3.57. The predicted molar refractivity (Wildman–Crippen MR) is 91.6 cm³/mol. The number of aromatic amines is 2. The number of nitrogens with zero attached hydrogens (tertiary/aromatic N) is 2. The van der Waals surface area contributed by atoms with Crippen LogP contribution in [0.2, 0.25) is 0 Å². The van der Waals surface area contributed by atoms with Gasteiger partial charge < -0.3 is 19.8 Å². The summed E-state index contributed by atoms with van der Waals surface area (Å²) >= 11 is 0. The molecule has 0 saturated carbocycles. The van der Waals surface area contributed by atoms with Crippen molar-refractivity contribution in [2.24, 2.45) is 7.05 Å². The van der Waals surface area contributed by atoms with Crippen molar-refractivity contribution in [3.05, 3.63) is 44.9 Å². The highest BCUT2D eigenvalue weighted by Gasteiger charge is 2.43. The SMILES string of the molecule is Cn1c(=O)[nH]c(=O)c2[nH]c(CCC(=O)Nc3ccc4c(c3)OC(F)(F)O4)nc21. The van der Waals surface area contributed by atoms with Gasteiger partial charge in [-0.05, 0) is 12.1 Å². The first-order chi connectivity index (χ1) is 13.2. The Morgan fingerprint density at radius 2 is 2.00 bits per heavy atom. The van der Waals surface area contributed by atoms with E-state index in [1.165, 1.54) is 29.8 Å². The molecular formula is C16H13F2N5O5. The van der Waals surface area contributed by atoms with Crippen LogP contribution in [0.3, 0.4) is 0 Å². The topological polar surface area (TPSA) is 131 Å². The van der Waals surface area contributed by atoms with Gasteiger partial charge >= 0.3 is 12.0 Å². The van der Waals surface area contributed by atoms with Crippen LogP contribution >= 0.6 is 0 Å². The minimum Gasteiger partial charge on any atom is -0.395 e. The first kappa shape index (κ1) is 17.7. The molecule has 2 aromatic heterocycles. The molecule has 1 aliphatic heterocycles. The number of hydrogen-bond donors (Lipinski definition) is 3. The second kappa shape index (κ2) is 6.18. The molecule has 146 valence electrons. The van der Waals surface area contributed by atoms with E-state index >= 15 is 0 Å². The van der Waals surface area contributed by atoms with E-state index in [4.69, 9.17) is 0 Å². The molecule has 3 heterocycles. The average molecular weight is 393 g/mol. The number of carbonyl (C=O) groups is 1. The highest BCUT2D eigenvalue weighted by molar-refractivity contribution is 5.91. The van der Waals surface area contributed by atoms with Crippen LogP contribution in [0.4, 0.5) is 14.5 Å². The van der Waals surface area contributed by atoms with Crippen molar-refractivity contribution in [2.45, 2.75) is 19.1 Å². The molecule has 28 heavy (non-hydrogen) atoms. The smallest absolute Gasteiger partial charge is 0.395 e. The minimum absolute atomic E-state index is 0.00370. The lowest BCUT2D eigenvalue weighted by atomic mass is 10.2. The molecule has 0 spiro atoms. The van der Waals surface area contributed by atoms with Gasteiger partial charge in [0.1, 0.15) is 11.3 Å². The second-order valence-corrected chi connectivity index (χ2v) is 6.08. The molecule has 0 fully saturated rings. The van der Waals surface area contributed by atoms with Gasteiger partial charge in [0.05, 0.1) is 0 Å². The molecular weight excluding hydrogens is 380 g/mol. The fraction of sp³-hybridized carbons (Fsp3) is 0.250. The molecule has 3 aromatic rings. The Balaban J connectivity index is 1.44. The number of carbonyl (C=O) groups excluding carboxylic acids is 1. The van der Waals surface area contributed by atoms with E-state index in [2.05, 4.69) is 29.7 Å². The van der Waals surface area contributed by atoms with Gasteiger partial charge in [-0.25, -0.2) is 9.78 Å². The molecule has 10 nitrogen and oxygen atoms in total. The highest BCUT2D eigenvalue weighted by Crippen LogP contribution is 2.42. The maximum absolute atomic E-state index is 13.0. The van der Waals surface area contributed by atoms with Crippen molar-refractivity contribution in [2.75, 3.05) is 5.32 Å². The van der Waals surface area contributed by atoms with E-state index in [-0.39, 0.29) is 41.2 Å². The summed E-state index contributed by atoms with van der Waals surface area (Å²) < 4.78 is 35.8. The number of rotatable bonds is 4. The number of imidazole rings is 1. The molecule has 0 aliphatic carbocycles. The van der Waals surface area contributed by atoms with E-state index in [0.717, 1.165) is 0 Å². The normalized spacial score (nSPS) is 14.4. The molecule has 4 rings (SSSR count). The summed E-state index contributed by atoms with van der Waals surface area (Å²) in [6, 6.07) is 3.89. The van der Waals surface area contributed by atoms with Crippen molar-refractivity contribution in [1.29, 1.82) is 0 Å². The predicted octanol–water partition coefficient (Wildman–Crippen LogP) is 0.843. The molecule has 0 bridgehead atoms. The summed E-state index contributed by atoms with van der Waals surface area (Å²) in [5.41, 5.74) is -0.622. The number of H-pyrrole nitrogens is 2. The third kappa shape index (κ3) is 3.19. The fourth-order valence-corrected chi connectivity index (χ4v) is 2.75. The molecule has 1 amide bonds. The lowest BCUT2D eigenvalue weighted by molar-refractivity contribution is -0.286. The standard InChI is InChI=1S/C16H13F2N5O5/c1-23-13-12(14(25)22-15(23)26)20-10(21-13)4-5-11(24)19-7-2-3-8-9(6-7)28-16(17,18)27-8/h2-3,6H,4-5H2,1H3,(H,19,24)(H,20,21)(H,22,25,26). The molecule has 0 atom stereocenters. The van der Waals surface area contributed by atoms with E-state index in [1.807, 2.05) is 0 Å². The Kier molecular flexibility index (Phi) is 3.91. The summed E-state index contributed by atoms with van der Waals surface area (Å²) in [5.74, 6) is -0.364. The molecule has 1 aliphatic rings. The van der Waals surface area contributed by atoms with Crippen molar-refractivity contribution in [3.63, 3.8) is 0 Å². The van der Waals surface area contributed by atoms with Gasteiger partial charge in [0.2, 0.25) is 5.91 Å². The minimum atomic E-state index is -3.73. The number of alkyl halides is 2. The number of fused-ring (bicyclic) bond motifs is 2. The van der Waals surface area contributed by atoms with Gasteiger partial charge in [0.15, 0.2) is 17.1 Å². The highest BCUT2D eigenvalue weighted by atomic mass is 19.3. The monoisotopic (exact) mass is 393 g/mol. The Morgan fingerprint density at radius 3 is 2.79 bits per heavy atom. The van der Waals surface area contributed by atoms with Crippen molar-refractivity contribution in [3.8, 4) is 11.5 Å². The maximum Gasteiger partial charge on any atom is 0.586 e. The van der Waals surface area contributed by atoms with Crippen LogP contribution < -0.4 is 26.0 Å². The van der Waals surface area contributed by atoms with Gasteiger partial charge in [-0.15, -0.1) is 8.78 Å². The maximum atomic E-state index is 13.0. The van der Waals surface area contributed by atoms with Gasteiger partial charge in [-0.3, -0.25) is 19.1 Å². The Hall–Kier alpha value is -3.70. The molecule has 0 saturated heterocycles. The van der Waals surface area contributed by atoms with Crippen LogP contribution in [0.25, 0.3) is 11.2 Å². The summed E-state index contributed by atoms with van der Waals surface area (Å²) in [4.78, 5) is 44.6. The van der Waals surface area contributed by atoms with Crippen LogP contribution in [0.1, 0.15) is 12.2 Å². The third-order valence-corrected chi connectivity index (χ3v) is 4.08. The number of aryl methyl sites for hydroxylation is 2. The third-order valence-electron chi connectivity index (χ3n) is 4.08. The zero-order valence-corrected chi connectivity index (χ0v) is 14.3. The first-order valence-corrected chi connectivity index (χ1v) is 8.09. The first-order valence-electron chi connectivity index (χ1n) is 8.09. The summed E-state index contributed by atoms with van der Waals surface area (Å²) in [6.45, 7) is 0. The molecule has 0 unspecified atom stereocenters. The quantitative estimate of drug-likeness (QED) is 0.602. The van der Waals surface area contributed by atoms with E-state index < -0.39 is 23.5 Å². The van der Waals surface area contributed by atoms with Crippen LogP contribution in [-0.2, 0) is 18.3 Å². The van der Waals surface area contributed by atoms with Gasteiger partial charge in [-0.2, -0.15) is 0 Å². The number of ether oxygens (including phenoxy) is 2. The largest absolute Gasteiger partial charge is 0.586 e. The van der Waals surface area contributed by atoms with Crippen LogP contribution in [0.15, 0.2) is 27.8 Å². The van der Waals surface area contributed by atoms with Crippen molar-refractivity contribution in [1.82, 2.24) is 19.5 Å². The van der Waals surface area contributed by atoms with Crippen molar-refractivity contribution < 1.29 is 23.0 Å². The fourth-order valence-electron chi connectivity index (χ4n) is 2.75. The van der Waals surface area contributed by atoms with Crippen LogP contribution in [0, 0.1) is 0 Å². The Morgan fingerprint density at radius 1 is 1.25 bits per heavy atom. The Bertz CT molecular complexity index is 1210. The number of amides is 1. The van der Waals surface area contributed by atoms with Gasteiger partial charge in [0.25, 0.3) is 5.56 Å². The molecule has 0 radical (unpaired) electrons. The second-order valence-electron chi connectivity index (χ2n) is 6.08. The van der Waals surface area contributed by atoms with Crippen LogP contribution in [0.5, 0.6) is 11.5 Å². The summed E-state index contributed by atoms with van der Waals surface area (Å²) in [7, 11) is 1.46. The number of hydrogen-bond acceptors (Lipinski definition) is 6. The summed E-state index contributed by atoms with van der Waals surface area (Å²) in [5, 5.41) is 2.55. The van der Waals surface area contributed by atoms with E-state index in [1.54, 1.807) is 0 Å². The lowest BCUT2D eigenvalue weighted by Crippen LogP contribution is -2.28. The number of nitrogens with one attached hydrogen (secondary N) is 3. The number of benzene rings is 1. The number of halogens is 2. The van der Waals surface area contributed by atoms with E-state index in [0.29, 0.717) is 5.82 Å².